The zero-order valence-corrected chi connectivity index (χ0v) is 14.8. The monoisotopic (exact) mass is 329 g/mol. The summed E-state index contributed by atoms with van der Waals surface area (Å²) in [6.45, 7) is 8.64. The topological polar surface area (TPSA) is 46.5 Å². The normalized spacial score (nSPS) is 18.4. The molecule has 1 atom stereocenters. The van der Waals surface area contributed by atoms with Crippen molar-refractivity contribution in [2.75, 3.05) is 38.7 Å². The summed E-state index contributed by atoms with van der Waals surface area (Å²) >= 11 is 0. The van der Waals surface area contributed by atoms with Gasteiger partial charge < -0.3 is 19.5 Å². The Morgan fingerprint density at radius 1 is 1.38 bits per heavy atom. The van der Waals surface area contributed by atoms with E-state index >= 15 is 0 Å². The van der Waals surface area contributed by atoms with Crippen molar-refractivity contribution in [2.45, 2.75) is 26.8 Å². The van der Waals surface area contributed by atoms with Gasteiger partial charge in [-0.2, -0.15) is 0 Å². The van der Waals surface area contributed by atoms with E-state index in [0.29, 0.717) is 0 Å². The van der Waals surface area contributed by atoms with Crippen LogP contribution in [0.3, 0.4) is 0 Å². The van der Waals surface area contributed by atoms with E-state index in [2.05, 4.69) is 46.8 Å². The average molecular weight is 329 g/mol. The van der Waals surface area contributed by atoms with Crippen molar-refractivity contribution < 1.29 is 9.53 Å². The second-order valence-electron chi connectivity index (χ2n) is 6.57. The Hall–Kier alpha value is -1.85. The molecule has 0 aliphatic carbocycles. The van der Waals surface area contributed by atoms with Crippen LogP contribution in [0.15, 0.2) is 24.3 Å². The molecule has 1 aromatic heterocycles. The highest BCUT2D eigenvalue weighted by Crippen LogP contribution is 2.24. The Morgan fingerprint density at radius 2 is 2.21 bits per heavy atom. The predicted molar refractivity (Wildman–Crippen MR) is 97.4 cm³/mol. The summed E-state index contributed by atoms with van der Waals surface area (Å²) in [5, 5.41) is 4.27. The molecule has 1 aromatic carbocycles. The van der Waals surface area contributed by atoms with Crippen molar-refractivity contribution in [3.63, 3.8) is 0 Å². The van der Waals surface area contributed by atoms with E-state index in [1.54, 1.807) is 7.11 Å². The highest BCUT2D eigenvalue weighted by molar-refractivity contribution is 5.95. The molecule has 1 unspecified atom stereocenters. The van der Waals surface area contributed by atoms with E-state index in [1.165, 1.54) is 16.6 Å². The average Bonchev–Trinajstić information content (AvgIpc) is 3.16. The SMILES string of the molecule is CCn1c(C)cc2cc(NC(=O)C3CCN(CCOC)C3)ccc21. The Bertz CT molecular complexity index is 723. The first-order valence-electron chi connectivity index (χ1n) is 8.74. The van der Waals surface area contributed by atoms with Crippen LogP contribution in [-0.4, -0.2) is 48.7 Å². The van der Waals surface area contributed by atoms with Gasteiger partial charge in [-0.15, -0.1) is 0 Å². The molecule has 0 saturated carbocycles. The van der Waals surface area contributed by atoms with Crippen LogP contribution >= 0.6 is 0 Å². The number of carbonyl (C=O) groups is 1. The standard InChI is InChI=1S/C19H27N3O2/c1-4-22-14(2)11-16-12-17(5-6-18(16)22)20-19(23)15-7-8-21(13-15)9-10-24-3/h5-6,11-12,15H,4,7-10,13H2,1-3H3,(H,20,23). The maximum atomic E-state index is 12.5. The number of aryl methyl sites for hydroxylation is 2. The molecule has 1 aliphatic rings. The zero-order valence-electron chi connectivity index (χ0n) is 14.8. The van der Waals surface area contributed by atoms with Crippen LogP contribution < -0.4 is 5.32 Å². The smallest absolute Gasteiger partial charge is 0.228 e. The van der Waals surface area contributed by atoms with Crippen LogP contribution in [0, 0.1) is 12.8 Å². The number of likely N-dealkylation sites (tertiary alicyclic amines) is 1. The van der Waals surface area contributed by atoms with E-state index < -0.39 is 0 Å². The van der Waals surface area contributed by atoms with Crippen LogP contribution in [0.25, 0.3) is 10.9 Å². The molecule has 2 aromatic rings. The molecule has 130 valence electrons. The first-order chi connectivity index (χ1) is 11.6. The second-order valence-corrected chi connectivity index (χ2v) is 6.57. The van der Waals surface area contributed by atoms with Gasteiger partial charge in [-0.25, -0.2) is 0 Å². The molecule has 5 nitrogen and oxygen atoms in total. The molecule has 1 aliphatic heterocycles. The molecule has 1 amide bonds. The number of anilines is 1. The van der Waals surface area contributed by atoms with Crippen molar-refractivity contribution >= 4 is 22.5 Å². The molecule has 0 radical (unpaired) electrons. The minimum absolute atomic E-state index is 0.0690. The van der Waals surface area contributed by atoms with Gasteiger partial charge in [-0.3, -0.25) is 4.79 Å². The first-order valence-corrected chi connectivity index (χ1v) is 8.74. The molecule has 0 spiro atoms. The number of carbonyl (C=O) groups excluding carboxylic acids is 1. The van der Waals surface area contributed by atoms with Crippen molar-refractivity contribution in [2.24, 2.45) is 5.92 Å². The van der Waals surface area contributed by atoms with Gasteiger partial charge >= 0.3 is 0 Å². The van der Waals surface area contributed by atoms with Gasteiger partial charge in [0.2, 0.25) is 5.91 Å². The number of hydrogen-bond acceptors (Lipinski definition) is 3. The molecule has 5 heteroatoms. The number of nitrogens with zero attached hydrogens (tertiary/aromatic N) is 2. The summed E-state index contributed by atoms with van der Waals surface area (Å²) in [5.41, 5.74) is 3.36. The highest BCUT2D eigenvalue weighted by atomic mass is 16.5. The third kappa shape index (κ3) is 3.47. The lowest BCUT2D eigenvalue weighted by molar-refractivity contribution is -0.119. The number of rotatable bonds is 6. The van der Waals surface area contributed by atoms with E-state index in [9.17, 15) is 4.79 Å². The molecule has 2 heterocycles. The minimum atomic E-state index is 0.0690. The third-order valence-electron chi connectivity index (χ3n) is 4.95. The molecule has 1 saturated heterocycles. The van der Waals surface area contributed by atoms with Crippen LogP contribution in [0.5, 0.6) is 0 Å². The molecule has 0 bridgehead atoms. The van der Waals surface area contributed by atoms with Gasteiger partial charge in [0.25, 0.3) is 0 Å². The second kappa shape index (κ2) is 7.36. The number of benzene rings is 1. The fourth-order valence-electron chi connectivity index (χ4n) is 3.62. The van der Waals surface area contributed by atoms with Crippen LogP contribution in [0.2, 0.25) is 0 Å². The first kappa shape index (κ1) is 17.0. The summed E-state index contributed by atoms with van der Waals surface area (Å²) in [5.74, 6) is 0.195. The van der Waals surface area contributed by atoms with Crippen molar-refractivity contribution in [1.29, 1.82) is 0 Å². The predicted octanol–water partition coefficient (Wildman–Crippen LogP) is 2.88. The minimum Gasteiger partial charge on any atom is -0.383 e. The fraction of sp³-hybridized carbons (Fsp3) is 0.526. The number of aromatic nitrogens is 1. The number of ether oxygens (including phenoxy) is 1. The molecule has 1 N–H and O–H groups in total. The molecule has 24 heavy (non-hydrogen) atoms. The van der Waals surface area contributed by atoms with Gasteiger partial charge in [-0.1, -0.05) is 0 Å². The number of methoxy groups -OCH3 is 1. The number of fused-ring (bicyclic) bond motifs is 1. The summed E-state index contributed by atoms with van der Waals surface area (Å²) < 4.78 is 7.40. The zero-order chi connectivity index (χ0) is 17.1. The van der Waals surface area contributed by atoms with Crippen molar-refractivity contribution in [3.8, 4) is 0 Å². The summed E-state index contributed by atoms with van der Waals surface area (Å²) in [6.07, 6.45) is 0.920. The molecule has 3 rings (SSSR count). The number of hydrogen-bond donors (Lipinski definition) is 1. The Morgan fingerprint density at radius 3 is 2.96 bits per heavy atom. The largest absolute Gasteiger partial charge is 0.383 e. The van der Waals surface area contributed by atoms with E-state index in [0.717, 1.165) is 44.9 Å². The van der Waals surface area contributed by atoms with Gasteiger partial charge in [0, 0.05) is 49.0 Å². The number of amides is 1. The van der Waals surface area contributed by atoms with E-state index in [4.69, 9.17) is 4.74 Å². The highest BCUT2D eigenvalue weighted by Gasteiger charge is 2.28. The lowest BCUT2D eigenvalue weighted by atomic mass is 10.1. The summed E-state index contributed by atoms with van der Waals surface area (Å²) in [4.78, 5) is 14.8. The van der Waals surface area contributed by atoms with E-state index in [1.807, 2.05) is 6.07 Å². The maximum Gasteiger partial charge on any atom is 0.228 e. The quantitative estimate of drug-likeness (QED) is 0.886. The van der Waals surface area contributed by atoms with Gasteiger partial charge in [0.1, 0.15) is 0 Å². The maximum absolute atomic E-state index is 12.5. The van der Waals surface area contributed by atoms with E-state index in [-0.39, 0.29) is 11.8 Å². The Labute approximate surface area is 143 Å². The van der Waals surface area contributed by atoms with Gasteiger partial charge in [0.05, 0.1) is 12.5 Å². The van der Waals surface area contributed by atoms with Crippen LogP contribution in [-0.2, 0) is 16.1 Å². The fourth-order valence-corrected chi connectivity index (χ4v) is 3.62. The number of nitrogens with one attached hydrogen (secondary N) is 1. The molecule has 1 fully saturated rings. The molecular formula is C19H27N3O2. The van der Waals surface area contributed by atoms with Crippen LogP contribution in [0.4, 0.5) is 5.69 Å². The van der Waals surface area contributed by atoms with Crippen molar-refractivity contribution in [3.05, 3.63) is 30.0 Å². The van der Waals surface area contributed by atoms with Crippen molar-refractivity contribution in [1.82, 2.24) is 9.47 Å². The summed E-state index contributed by atoms with van der Waals surface area (Å²) in [6, 6.07) is 8.35. The Balaban J connectivity index is 1.65. The van der Waals surface area contributed by atoms with Gasteiger partial charge in [-0.05, 0) is 51.1 Å². The lowest BCUT2D eigenvalue weighted by Crippen LogP contribution is -2.29. The van der Waals surface area contributed by atoms with Gasteiger partial charge in [0.15, 0.2) is 0 Å². The Kier molecular flexibility index (Phi) is 5.21. The lowest BCUT2D eigenvalue weighted by Gasteiger charge is -2.15. The molecular weight excluding hydrogens is 302 g/mol. The van der Waals surface area contributed by atoms with Crippen LogP contribution in [0.1, 0.15) is 19.0 Å². The summed E-state index contributed by atoms with van der Waals surface area (Å²) in [7, 11) is 1.71. The third-order valence-corrected chi connectivity index (χ3v) is 4.95.